The maximum Gasteiger partial charge on any atom is 0.401 e. The molecule has 0 radical (unpaired) electrons. The molecule has 0 aliphatic carbocycles. The maximum atomic E-state index is 12.5. The quantitative estimate of drug-likeness (QED) is 0.378. The molecule has 28 heavy (non-hydrogen) atoms. The highest BCUT2D eigenvalue weighted by Crippen LogP contribution is 2.20. The number of nitrogens with zero attached hydrogens (tertiary/aromatic N) is 2. The molecule has 0 amide bonds. The highest BCUT2D eigenvalue weighted by atomic mass is 19.4. The zero-order valence-electron chi connectivity index (χ0n) is 16.4. The Hall–Kier alpha value is -2.16. The summed E-state index contributed by atoms with van der Waals surface area (Å²) in [5.41, 5.74) is 0. The van der Waals surface area contributed by atoms with Gasteiger partial charge in [-0.25, -0.2) is 0 Å². The van der Waals surface area contributed by atoms with Crippen molar-refractivity contribution in [1.82, 2.24) is 15.5 Å². The van der Waals surface area contributed by atoms with Gasteiger partial charge in [-0.15, -0.1) is 0 Å². The molecule has 0 spiro atoms. The Bertz CT molecular complexity index is 608. The predicted octanol–water partition coefficient (Wildman–Crippen LogP) is 2.66. The summed E-state index contributed by atoms with van der Waals surface area (Å²) < 4.78 is 48.3. The summed E-state index contributed by atoms with van der Waals surface area (Å²) in [5.74, 6) is 2.18. The maximum absolute atomic E-state index is 12.5. The first-order chi connectivity index (χ1) is 13.4. The number of ether oxygens (including phenoxy) is 2. The number of rotatable bonds is 9. The van der Waals surface area contributed by atoms with Gasteiger partial charge < -0.3 is 20.1 Å². The van der Waals surface area contributed by atoms with E-state index in [9.17, 15) is 13.2 Å². The van der Waals surface area contributed by atoms with Crippen LogP contribution >= 0.6 is 0 Å². The van der Waals surface area contributed by atoms with Crippen LogP contribution in [0.5, 0.6) is 11.5 Å². The van der Waals surface area contributed by atoms with Crippen LogP contribution in [0.3, 0.4) is 0 Å². The van der Waals surface area contributed by atoms with Crippen LogP contribution in [0.2, 0.25) is 0 Å². The van der Waals surface area contributed by atoms with Gasteiger partial charge >= 0.3 is 6.18 Å². The lowest BCUT2D eigenvalue weighted by atomic mass is 10.3. The van der Waals surface area contributed by atoms with E-state index in [1.165, 1.54) is 4.90 Å². The van der Waals surface area contributed by atoms with E-state index in [4.69, 9.17) is 9.47 Å². The van der Waals surface area contributed by atoms with E-state index in [0.717, 1.165) is 17.9 Å². The Labute approximate surface area is 164 Å². The van der Waals surface area contributed by atoms with Gasteiger partial charge in [0.25, 0.3) is 0 Å². The number of alkyl halides is 3. The molecule has 1 unspecified atom stereocenters. The fourth-order valence-electron chi connectivity index (χ4n) is 2.98. The number of likely N-dealkylation sites (tertiary alicyclic amines) is 1. The molecule has 1 heterocycles. The third-order valence-corrected chi connectivity index (χ3v) is 4.26. The van der Waals surface area contributed by atoms with Crippen LogP contribution in [0.4, 0.5) is 13.2 Å². The van der Waals surface area contributed by atoms with Gasteiger partial charge in [-0.2, -0.15) is 13.2 Å². The van der Waals surface area contributed by atoms with Gasteiger partial charge in [-0.3, -0.25) is 9.89 Å². The molecule has 0 saturated carbocycles. The molecule has 158 valence electrons. The summed E-state index contributed by atoms with van der Waals surface area (Å²) in [5, 5.41) is 6.37. The summed E-state index contributed by atoms with van der Waals surface area (Å²) in [6.07, 6.45) is -2.76. The molecular weight excluding hydrogens is 373 g/mol. The van der Waals surface area contributed by atoms with Crippen molar-refractivity contribution in [3.8, 4) is 11.5 Å². The number of halogens is 3. The van der Waals surface area contributed by atoms with Crippen LogP contribution in [0.15, 0.2) is 29.3 Å². The molecule has 1 atom stereocenters. The number of methoxy groups -OCH3 is 1. The van der Waals surface area contributed by atoms with Crippen LogP contribution < -0.4 is 20.1 Å². The van der Waals surface area contributed by atoms with Crippen molar-refractivity contribution in [2.24, 2.45) is 4.99 Å². The predicted molar refractivity (Wildman–Crippen MR) is 103 cm³/mol. The molecular formula is C19H29F3N4O2. The second kappa shape index (κ2) is 11.0. The SMILES string of the molecule is CCNC(=NCCCOc1ccc(OC)cc1)NC1CCN(CC(F)(F)F)C1. The van der Waals surface area contributed by atoms with Crippen LogP contribution in [-0.4, -0.2) is 69.5 Å². The summed E-state index contributed by atoms with van der Waals surface area (Å²) in [7, 11) is 1.61. The number of guanidine groups is 1. The van der Waals surface area contributed by atoms with Crippen LogP contribution in [0, 0.1) is 0 Å². The van der Waals surface area contributed by atoms with Gasteiger partial charge in [0.1, 0.15) is 11.5 Å². The molecule has 2 rings (SSSR count). The van der Waals surface area contributed by atoms with Crippen LogP contribution in [0.1, 0.15) is 19.8 Å². The van der Waals surface area contributed by atoms with Gasteiger partial charge in [-0.05, 0) is 37.6 Å². The zero-order chi connectivity index (χ0) is 20.4. The molecule has 1 saturated heterocycles. The molecule has 2 N–H and O–H groups in total. The minimum Gasteiger partial charge on any atom is -0.497 e. The largest absolute Gasteiger partial charge is 0.497 e. The van der Waals surface area contributed by atoms with Gasteiger partial charge in [0.05, 0.1) is 20.3 Å². The summed E-state index contributed by atoms with van der Waals surface area (Å²) >= 11 is 0. The van der Waals surface area contributed by atoms with E-state index in [2.05, 4.69) is 15.6 Å². The minimum atomic E-state index is -4.16. The molecule has 1 aromatic carbocycles. The molecule has 1 fully saturated rings. The molecule has 0 aromatic heterocycles. The van der Waals surface area contributed by atoms with Gasteiger partial charge in [-0.1, -0.05) is 0 Å². The molecule has 1 aromatic rings. The average Bonchev–Trinajstić information content (AvgIpc) is 3.07. The Morgan fingerprint density at radius 2 is 1.96 bits per heavy atom. The van der Waals surface area contributed by atoms with Crippen molar-refractivity contribution < 1.29 is 22.6 Å². The number of nitrogens with one attached hydrogen (secondary N) is 2. The highest BCUT2D eigenvalue weighted by Gasteiger charge is 2.34. The normalized spacial score (nSPS) is 18.2. The Kier molecular flexibility index (Phi) is 8.69. The lowest BCUT2D eigenvalue weighted by Gasteiger charge is -2.19. The van der Waals surface area contributed by atoms with E-state index >= 15 is 0 Å². The van der Waals surface area contributed by atoms with Crippen molar-refractivity contribution in [1.29, 1.82) is 0 Å². The highest BCUT2D eigenvalue weighted by molar-refractivity contribution is 5.80. The Morgan fingerprint density at radius 3 is 2.61 bits per heavy atom. The molecule has 1 aliphatic rings. The van der Waals surface area contributed by atoms with Crippen molar-refractivity contribution in [3.63, 3.8) is 0 Å². The number of hydrogen-bond acceptors (Lipinski definition) is 4. The molecule has 9 heteroatoms. The van der Waals surface area contributed by atoms with Gasteiger partial charge in [0.15, 0.2) is 5.96 Å². The lowest BCUT2D eigenvalue weighted by molar-refractivity contribution is -0.143. The Morgan fingerprint density at radius 1 is 1.25 bits per heavy atom. The fourth-order valence-corrected chi connectivity index (χ4v) is 2.98. The first-order valence-electron chi connectivity index (χ1n) is 9.50. The molecule has 1 aliphatic heterocycles. The second-order valence-electron chi connectivity index (χ2n) is 6.62. The first-order valence-corrected chi connectivity index (χ1v) is 9.50. The Balaban J connectivity index is 1.71. The van der Waals surface area contributed by atoms with Gasteiger partial charge in [0.2, 0.25) is 0 Å². The standard InChI is InChI=1S/C19H29F3N4O2/c1-3-23-18(25-15-9-11-26(13-15)14-19(20,21)22)24-10-4-12-28-17-7-5-16(27-2)6-8-17/h5-8,15H,3-4,9-14H2,1-2H3,(H2,23,24,25). The van der Waals surface area contributed by atoms with E-state index in [1.54, 1.807) is 7.11 Å². The van der Waals surface area contributed by atoms with E-state index in [0.29, 0.717) is 45.2 Å². The summed E-state index contributed by atoms with van der Waals surface area (Å²) in [6.45, 7) is 3.67. The zero-order valence-corrected chi connectivity index (χ0v) is 16.4. The van der Waals surface area contributed by atoms with Crippen molar-refractivity contribution in [3.05, 3.63) is 24.3 Å². The topological polar surface area (TPSA) is 58.1 Å². The van der Waals surface area contributed by atoms with E-state index < -0.39 is 12.7 Å². The molecule has 6 nitrogen and oxygen atoms in total. The molecule has 0 bridgehead atoms. The van der Waals surface area contributed by atoms with Crippen molar-refractivity contribution >= 4 is 5.96 Å². The first kappa shape index (κ1) is 22.1. The average molecular weight is 402 g/mol. The van der Waals surface area contributed by atoms with Crippen molar-refractivity contribution in [2.45, 2.75) is 32.0 Å². The summed E-state index contributed by atoms with van der Waals surface area (Å²) in [6, 6.07) is 7.34. The minimum absolute atomic E-state index is 0.0318. The van der Waals surface area contributed by atoms with E-state index in [-0.39, 0.29) is 6.04 Å². The van der Waals surface area contributed by atoms with Gasteiger partial charge in [0, 0.05) is 38.6 Å². The van der Waals surface area contributed by atoms with Crippen LogP contribution in [-0.2, 0) is 0 Å². The monoisotopic (exact) mass is 402 g/mol. The van der Waals surface area contributed by atoms with E-state index in [1.807, 2.05) is 31.2 Å². The fraction of sp³-hybridized carbons (Fsp3) is 0.632. The number of hydrogen-bond donors (Lipinski definition) is 2. The number of aliphatic imine (C=N–C) groups is 1. The lowest BCUT2D eigenvalue weighted by Crippen LogP contribution is -2.45. The third-order valence-electron chi connectivity index (χ3n) is 4.26. The smallest absolute Gasteiger partial charge is 0.401 e. The summed E-state index contributed by atoms with van der Waals surface area (Å²) in [4.78, 5) is 5.91. The second-order valence-corrected chi connectivity index (χ2v) is 6.62. The van der Waals surface area contributed by atoms with Crippen LogP contribution in [0.25, 0.3) is 0 Å². The van der Waals surface area contributed by atoms with Crippen molar-refractivity contribution in [2.75, 3.05) is 46.4 Å². The number of benzene rings is 1. The third kappa shape index (κ3) is 8.24.